The minimum atomic E-state index is -0.438. The van der Waals surface area contributed by atoms with E-state index in [4.69, 9.17) is 9.73 Å². The highest BCUT2D eigenvalue weighted by Gasteiger charge is 2.41. The predicted molar refractivity (Wildman–Crippen MR) is 149 cm³/mol. The Morgan fingerprint density at radius 2 is 1.86 bits per heavy atom. The SMILES string of the molecule is CC1=C(C(=O)OCc2ccccc2)[C@H](c2cc(C)ccc2C)N2C(CC(=O)NCCN(C)C)=CSC2=N1. The van der Waals surface area contributed by atoms with Crippen LogP contribution in [-0.2, 0) is 20.9 Å². The first-order valence-electron chi connectivity index (χ1n) is 12.4. The van der Waals surface area contributed by atoms with Crippen molar-refractivity contribution in [1.29, 1.82) is 0 Å². The number of nitrogens with zero attached hydrogens (tertiary/aromatic N) is 3. The molecule has 8 heteroatoms. The molecule has 0 saturated heterocycles. The molecule has 0 aromatic heterocycles. The quantitative estimate of drug-likeness (QED) is 0.486. The van der Waals surface area contributed by atoms with Crippen LogP contribution in [0.5, 0.6) is 0 Å². The molecule has 7 nitrogen and oxygen atoms in total. The van der Waals surface area contributed by atoms with Crippen LogP contribution in [0.25, 0.3) is 0 Å². The van der Waals surface area contributed by atoms with E-state index < -0.39 is 12.0 Å². The summed E-state index contributed by atoms with van der Waals surface area (Å²) >= 11 is 1.48. The minimum absolute atomic E-state index is 0.0610. The Morgan fingerprint density at radius 1 is 1.11 bits per heavy atom. The molecule has 0 radical (unpaired) electrons. The summed E-state index contributed by atoms with van der Waals surface area (Å²) in [6.45, 7) is 7.46. The normalized spacial score (nSPS) is 16.9. The Kier molecular flexibility index (Phi) is 8.51. The van der Waals surface area contributed by atoms with Crippen molar-refractivity contribution in [2.24, 2.45) is 4.99 Å². The molecule has 0 spiro atoms. The van der Waals surface area contributed by atoms with Gasteiger partial charge in [0, 0.05) is 18.8 Å². The summed E-state index contributed by atoms with van der Waals surface area (Å²) in [4.78, 5) is 35.2. The number of allylic oxidation sites excluding steroid dienone is 1. The summed E-state index contributed by atoms with van der Waals surface area (Å²) in [5, 5.41) is 5.72. The van der Waals surface area contributed by atoms with E-state index in [2.05, 4.69) is 23.5 Å². The minimum Gasteiger partial charge on any atom is -0.457 e. The number of aryl methyl sites for hydroxylation is 2. The van der Waals surface area contributed by atoms with Gasteiger partial charge in [0.2, 0.25) is 5.91 Å². The topological polar surface area (TPSA) is 74.2 Å². The molecule has 37 heavy (non-hydrogen) atoms. The van der Waals surface area contributed by atoms with E-state index in [1.165, 1.54) is 11.8 Å². The maximum Gasteiger partial charge on any atom is 0.338 e. The zero-order chi connectivity index (χ0) is 26.5. The third-order valence-electron chi connectivity index (χ3n) is 6.39. The van der Waals surface area contributed by atoms with Crippen LogP contribution in [0.15, 0.2) is 75.9 Å². The number of carbonyl (C=O) groups is 2. The first-order chi connectivity index (χ1) is 17.7. The molecule has 1 N–H and O–H groups in total. The van der Waals surface area contributed by atoms with E-state index in [1.807, 2.05) is 80.4 Å². The number of fused-ring (bicyclic) bond motifs is 1. The summed E-state index contributed by atoms with van der Waals surface area (Å²) in [5.74, 6) is -0.462. The maximum atomic E-state index is 13.6. The van der Waals surface area contributed by atoms with Crippen molar-refractivity contribution in [1.82, 2.24) is 15.1 Å². The lowest BCUT2D eigenvalue weighted by Crippen LogP contribution is -2.39. The van der Waals surface area contributed by atoms with Gasteiger partial charge in [0.1, 0.15) is 6.61 Å². The van der Waals surface area contributed by atoms with E-state index in [0.717, 1.165) is 39.7 Å². The summed E-state index contributed by atoms with van der Waals surface area (Å²) in [5.41, 5.74) is 6.02. The number of ether oxygens (including phenoxy) is 1. The van der Waals surface area contributed by atoms with Crippen molar-refractivity contribution in [2.45, 2.75) is 39.8 Å². The summed E-state index contributed by atoms with van der Waals surface area (Å²) < 4.78 is 5.80. The number of hydrogen-bond donors (Lipinski definition) is 1. The number of thioether (sulfide) groups is 1. The second-order valence-electron chi connectivity index (χ2n) is 9.64. The molecule has 194 valence electrons. The fraction of sp³-hybridized carbons (Fsp3) is 0.345. The van der Waals surface area contributed by atoms with Gasteiger partial charge >= 0.3 is 5.97 Å². The van der Waals surface area contributed by atoms with Gasteiger partial charge in [-0.15, -0.1) is 0 Å². The molecule has 0 bridgehead atoms. The second-order valence-corrected chi connectivity index (χ2v) is 10.5. The van der Waals surface area contributed by atoms with Gasteiger partial charge in [0.15, 0.2) is 5.17 Å². The molecule has 2 aliphatic rings. The van der Waals surface area contributed by atoms with Crippen molar-refractivity contribution in [2.75, 3.05) is 27.2 Å². The number of aliphatic imine (C=N–C) groups is 1. The van der Waals surface area contributed by atoms with Gasteiger partial charge in [-0.1, -0.05) is 65.9 Å². The standard InChI is InChI=1S/C29H34N4O3S/c1-19-11-12-20(2)24(15-19)27-26(28(35)36-17-22-9-7-6-8-10-22)21(3)31-29-33(27)23(18-37-29)16-25(34)30-13-14-32(4)5/h6-12,15,18,27H,13-14,16-17H2,1-5H3,(H,30,34)/t27-/m0/s1. The lowest BCUT2D eigenvalue weighted by atomic mass is 9.90. The number of hydrogen-bond acceptors (Lipinski definition) is 7. The van der Waals surface area contributed by atoms with Crippen molar-refractivity contribution < 1.29 is 14.3 Å². The van der Waals surface area contributed by atoms with Gasteiger partial charge in [-0.2, -0.15) is 0 Å². The number of rotatable bonds is 9. The van der Waals surface area contributed by atoms with Gasteiger partial charge in [0.05, 0.1) is 23.7 Å². The van der Waals surface area contributed by atoms with Gasteiger partial charge in [-0.05, 0) is 57.0 Å². The molecule has 0 fully saturated rings. The molecular weight excluding hydrogens is 484 g/mol. The van der Waals surface area contributed by atoms with Crippen LogP contribution >= 0.6 is 11.8 Å². The Balaban J connectivity index is 1.65. The number of amides is 1. The first kappa shape index (κ1) is 26.7. The molecule has 2 heterocycles. The van der Waals surface area contributed by atoms with E-state index in [0.29, 0.717) is 17.8 Å². The Morgan fingerprint density at radius 3 is 2.59 bits per heavy atom. The van der Waals surface area contributed by atoms with Crippen LogP contribution < -0.4 is 5.32 Å². The van der Waals surface area contributed by atoms with Gasteiger partial charge < -0.3 is 19.9 Å². The molecule has 1 atom stereocenters. The average molecular weight is 519 g/mol. The van der Waals surface area contributed by atoms with E-state index in [1.54, 1.807) is 0 Å². The molecule has 0 aliphatic carbocycles. The first-order valence-corrected chi connectivity index (χ1v) is 13.3. The highest BCUT2D eigenvalue weighted by atomic mass is 32.2. The second kappa shape index (κ2) is 11.8. The number of esters is 1. The highest BCUT2D eigenvalue weighted by Crippen LogP contribution is 2.45. The number of amidine groups is 1. The Hall–Kier alpha value is -3.36. The van der Waals surface area contributed by atoms with Crippen LogP contribution in [-0.4, -0.2) is 54.0 Å². The zero-order valence-electron chi connectivity index (χ0n) is 22.1. The summed E-state index contributed by atoms with van der Waals surface area (Å²) in [6, 6.07) is 15.4. The molecule has 0 unspecified atom stereocenters. The fourth-order valence-electron chi connectivity index (χ4n) is 4.43. The number of likely N-dealkylation sites (N-methyl/N-ethyl adjacent to an activating group) is 1. The largest absolute Gasteiger partial charge is 0.457 e. The van der Waals surface area contributed by atoms with Crippen molar-refractivity contribution in [3.63, 3.8) is 0 Å². The monoisotopic (exact) mass is 518 g/mol. The van der Waals surface area contributed by atoms with Crippen molar-refractivity contribution >= 4 is 28.8 Å². The summed E-state index contributed by atoms with van der Waals surface area (Å²) in [6.07, 6.45) is 0.201. The number of benzene rings is 2. The van der Waals surface area contributed by atoms with Gasteiger partial charge in [0.25, 0.3) is 0 Å². The van der Waals surface area contributed by atoms with Gasteiger partial charge in [-0.3, -0.25) is 4.79 Å². The van der Waals surface area contributed by atoms with Crippen LogP contribution in [0.4, 0.5) is 0 Å². The number of nitrogens with one attached hydrogen (secondary N) is 1. The number of carbonyl (C=O) groups excluding carboxylic acids is 2. The highest BCUT2D eigenvalue weighted by molar-refractivity contribution is 8.16. The lowest BCUT2D eigenvalue weighted by molar-refractivity contribution is -0.141. The third-order valence-corrected chi connectivity index (χ3v) is 7.27. The molecule has 0 saturated carbocycles. The van der Waals surface area contributed by atoms with Crippen LogP contribution in [0.3, 0.4) is 0 Å². The fourth-order valence-corrected chi connectivity index (χ4v) is 5.39. The van der Waals surface area contributed by atoms with Gasteiger partial charge in [-0.25, -0.2) is 9.79 Å². The zero-order valence-corrected chi connectivity index (χ0v) is 22.9. The Labute approximate surface area is 223 Å². The molecule has 1 amide bonds. The summed E-state index contributed by atoms with van der Waals surface area (Å²) in [7, 11) is 3.95. The predicted octanol–water partition coefficient (Wildman–Crippen LogP) is 4.69. The molecule has 2 aromatic rings. The lowest BCUT2D eigenvalue weighted by Gasteiger charge is -2.37. The van der Waals surface area contributed by atoms with E-state index >= 15 is 0 Å². The van der Waals surface area contributed by atoms with E-state index in [-0.39, 0.29) is 18.9 Å². The third kappa shape index (κ3) is 6.32. The van der Waals surface area contributed by atoms with Crippen LogP contribution in [0.1, 0.15) is 41.6 Å². The Bertz CT molecular complexity index is 1270. The van der Waals surface area contributed by atoms with Crippen LogP contribution in [0, 0.1) is 13.8 Å². The molecular formula is C29H34N4O3S. The molecule has 2 aromatic carbocycles. The van der Waals surface area contributed by atoms with Crippen molar-refractivity contribution in [3.8, 4) is 0 Å². The van der Waals surface area contributed by atoms with Crippen molar-refractivity contribution in [3.05, 3.63) is 93.2 Å². The molecule has 4 rings (SSSR count). The average Bonchev–Trinajstić information content (AvgIpc) is 3.25. The van der Waals surface area contributed by atoms with E-state index in [9.17, 15) is 9.59 Å². The van der Waals surface area contributed by atoms with Crippen LogP contribution in [0.2, 0.25) is 0 Å². The maximum absolute atomic E-state index is 13.6. The molecule has 2 aliphatic heterocycles. The smallest absolute Gasteiger partial charge is 0.338 e.